The number of rotatable bonds is 0. The summed E-state index contributed by atoms with van der Waals surface area (Å²) in [5.74, 6) is 0.646. The van der Waals surface area contributed by atoms with Gasteiger partial charge in [0.25, 0.3) is 0 Å². The first-order chi connectivity index (χ1) is 3.80. The summed E-state index contributed by atoms with van der Waals surface area (Å²) in [6.45, 7) is 0. The molecule has 0 saturated carbocycles. The lowest BCUT2D eigenvalue weighted by Gasteiger charge is -2.06. The Hall–Kier alpha value is -0.830. The fraction of sp³-hybridized carbons (Fsp3) is 0.400. The van der Waals surface area contributed by atoms with E-state index < -0.39 is 0 Å². The van der Waals surface area contributed by atoms with Crippen LogP contribution in [-0.4, -0.2) is 11.9 Å². The number of hydrogen-bond acceptors (Lipinski definition) is 2. The molecule has 0 saturated heterocycles. The molecule has 1 unspecified atom stereocenters. The standard InChI is InChI=1S/C5H9N3/c6-4-2-1-3-8-5(4)7/h1,3-4H,2,6H2,(H2,7,8)/p+1. The van der Waals surface area contributed by atoms with E-state index in [0.717, 1.165) is 6.42 Å². The molecule has 5 N–H and O–H groups in total. The lowest BCUT2D eigenvalue weighted by Crippen LogP contribution is -2.66. The van der Waals surface area contributed by atoms with Crippen LogP contribution in [0.15, 0.2) is 17.3 Å². The van der Waals surface area contributed by atoms with Crippen LogP contribution in [0.4, 0.5) is 0 Å². The summed E-state index contributed by atoms with van der Waals surface area (Å²) in [4.78, 5) is 3.86. The molecule has 0 aromatic carbocycles. The molecule has 3 heteroatoms. The number of quaternary nitrogens is 1. The van der Waals surface area contributed by atoms with Gasteiger partial charge in [-0.25, -0.2) is 4.99 Å². The number of nitrogens with two attached hydrogens (primary N) is 1. The van der Waals surface area contributed by atoms with E-state index >= 15 is 0 Å². The molecule has 1 aliphatic heterocycles. The first-order valence-electron chi connectivity index (χ1n) is 2.62. The van der Waals surface area contributed by atoms with E-state index in [1.165, 1.54) is 0 Å². The minimum Gasteiger partial charge on any atom is -0.382 e. The molecule has 1 rings (SSSR count). The van der Waals surface area contributed by atoms with E-state index in [0.29, 0.717) is 5.84 Å². The van der Waals surface area contributed by atoms with Crippen molar-refractivity contribution in [3.8, 4) is 0 Å². The average Bonchev–Trinajstić information content (AvgIpc) is 1.77. The third kappa shape index (κ3) is 0.869. The van der Waals surface area contributed by atoms with Gasteiger partial charge in [-0.3, -0.25) is 0 Å². The fourth-order valence-corrected chi connectivity index (χ4v) is 0.590. The Labute approximate surface area is 48.1 Å². The van der Waals surface area contributed by atoms with Crippen molar-refractivity contribution >= 4 is 5.84 Å². The van der Waals surface area contributed by atoms with Crippen molar-refractivity contribution in [2.45, 2.75) is 12.5 Å². The molecule has 0 spiro atoms. The lowest BCUT2D eigenvalue weighted by atomic mass is 10.2. The third-order valence-electron chi connectivity index (χ3n) is 1.17. The fourth-order valence-electron chi connectivity index (χ4n) is 0.590. The van der Waals surface area contributed by atoms with Gasteiger partial charge in [0.15, 0.2) is 5.84 Å². The second-order valence-corrected chi connectivity index (χ2v) is 1.87. The van der Waals surface area contributed by atoms with Crippen LogP contribution in [0.5, 0.6) is 0 Å². The van der Waals surface area contributed by atoms with Crippen molar-refractivity contribution in [2.75, 3.05) is 0 Å². The molecule has 3 nitrogen and oxygen atoms in total. The van der Waals surface area contributed by atoms with E-state index in [-0.39, 0.29) is 6.04 Å². The van der Waals surface area contributed by atoms with Gasteiger partial charge in [0.05, 0.1) is 0 Å². The molecule has 1 aliphatic rings. The molecule has 0 fully saturated rings. The molecule has 0 aromatic heterocycles. The van der Waals surface area contributed by atoms with Crippen molar-refractivity contribution in [3.05, 3.63) is 12.3 Å². The van der Waals surface area contributed by atoms with Gasteiger partial charge < -0.3 is 11.5 Å². The Kier molecular flexibility index (Phi) is 1.30. The molecule has 0 bridgehead atoms. The highest BCUT2D eigenvalue weighted by Crippen LogP contribution is 1.95. The molecular weight excluding hydrogens is 102 g/mol. The Morgan fingerprint density at radius 2 is 2.62 bits per heavy atom. The summed E-state index contributed by atoms with van der Waals surface area (Å²) in [5, 5.41) is 0. The van der Waals surface area contributed by atoms with Crippen molar-refractivity contribution in [1.29, 1.82) is 0 Å². The van der Waals surface area contributed by atoms with Gasteiger partial charge >= 0.3 is 0 Å². The third-order valence-corrected chi connectivity index (χ3v) is 1.17. The van der Waals surface area contributed by atoms with Crippen LogP contribution in [0.25, 0.3) is 0 Å². The van der Waals surface area contributed by atoms with Crippen molar-refractivity contribution in [2.24, 2.45) is 10.7 Å². The summed E-state index contributed by atoms with van der Waals surface area (Å²) < 4.78 is 0. The molecular formula is C5H10N3+. The van der Waals surface area contributed by atoms with Crippen LogP contribution in [-0.2, 0) is 0 Å². The summed E-state index contributed by atoms with van der Waals surface area (Å²) in [6.07, 6.45) is 4.61. The van der Waals surface area contributed by atoms with Crippen LogP contribution >= 0.6 is 0 Å². The maximum Gasteiger partial charge on any atom is 0.158 e. The second-order valence-electron chi connectivity index (χ2n) is 1.87. The Morgan fingerprint density at radius 1 is 1.88 bits per heavy atom. The highest BCUT2D eigenvalue weighted by Gasteiger charge is 2.10. The quantitative estimate of drug-likeness (QED) is 0.409. The predicted octanol–water partition coefficient (Wildman–Crippen LogP) is -1.13. The molecule has 0 aliphatic carbocycles. The Balaban J connectivity index is 2.66. The van der Waals surface area contributed by atoms with Crippen molar-refractivity contribution < 1.29 is 5.73 Å². The van der Waals surface area contributed by atoms with Gasteiger partial charge in [0.1, 0.15) is 6.04 Å². The first-order valence-corrected chi connectivity index (χ1v) is 2.62. The minimum atomic E-state index is 0.194. The summed E-state index contributed by atoms with van der Waals surface area (Å²) in [5.41, 5.74) is 9.19. The highest BCUT2D eigenvalue weighted by atomic mass is 14.9. The van der Waals surface area contributed by atoms with Crippen LogP contribution in [0.2, 0.25) is 0 Å². The van der Waals surface area contributed by atoms with E-state index in [1.807, 2.05) is 6.08 Å². The Bertz CT molecular complexity index is 137. The normalized spacial score (nSPS) is 27.6. The smallest absolute Gasteiger partial charge is 0.158 e. The maximum absolute atomic E-state index is 5.41. The monoisotopic (exact) mass is 112 g/mol. The zero-order valence-electron chi connectivity index (χ0n) is 4.67. The van der Waals surface area contributed by atoms with Gasteiger partial charge in [0, 0.05) is 12.6 Å². The number of nitrogens with zero attached hydrogens (tertiary/aromatic N) is 1. The topological polar surface area (TPSA) is 66.0 Å². The van der Waals surface area contributed by atoms with Gasteiger partial charge in [-0.1, -0.05) is 6.08 Å². The largest absolute Gasteiger partial charge is 0.382 e. The van der Waals surface area contributed by atoms with E-state index in [1.54, 1.807) is 6.20 Å². The Morgan fingerprint density at radius 3 is 3.00 bits per heavy atom. The number of amidine groups is 1. The van der Waals surface area contributed by atoms with Crippen LogP contribution < -0.4 is 11.5 Å². The van der Waals surface area contributed by atoms with E-state index in [9.17, 15) is 0 Å². The molecule has 1 heterocycles. The highest BCUT2D eigenvalue weighted by molar-refractivity contribution is 5.85. The van der Waals surface area contributed by atoms with Crippen molar-refractivity contribution in [1.82, 2.24) is 0 Å². The summed E-state index contributed by atoms with van der Waals surface area (Å²) in [7, 11) is 0. The summed E-state index contributed by atoms with van der Waals surface area (Å²) >= 11 is 0. The number of aliphatic imine (C=N–C) groups is 1. The second kappa shape index (κ2) is 1.96. The molecule has 1 atom stereocenters. The first kappa shape index (κ1) is 5.31. The minimum absolute atomic E-state index is 0.194. The van der Waals surface area contributed by atoms with Gasteiger partial charge in [-0.05, 0) is 0 Å². The lowest BCUT2D eigenvalue weighted by molar-refractivity contribution is -0.394. The zero-order chi connectivity index (χ0) is 5.98. The predicted molar refractivity (Wildman–Crippen MR) is 32.1 cm³/mol. The average molecular weight is 112 g/mol. The van der Waals surface area contributed by atoms with E-state index in [2.05, 4.69) is 10.7 Å². The molecule has 0 amide bonds. The van der Waals surface area contributed by atoms with Crippen molar-refractivity contribution in [3.63, 3.8) is 0 Å². The molecule has 0 radical (unpaired) electrons. The van der Waals surface area contributed by atoms with Crippen LogP contribution in [0.3, 0.4) is 0 Å². The van der Waals surface area contributed by atoms with E-state index in [4.69, 9.17) is 5.73 Å². The summed E-state index contributed by atoms with van der Waals surface area (Å²) in [6, 6.07) is 0.194. The molecule has 0 aromatic rings. The van der Waals surface area contributed by atoms with Crippen LogP contribution in [0, 0.1) is 0 Å². The number of hydrogen-bond donors (Lipinski definition) is 2. The van der Waals surface area contributed by atoms with Crippen LogP contribution in [0.1, 0.15) is 6.42 Å². The molecule has 8 heavy (non-hydrogen) atoms. The van der Waals surface area contributed by atoms with Gasteiger partial charge in [-0.2, -0.15) is 0 Å². The maximum atomic E-state index is 5.41. The SMILES string of the molecule is NC1=NC=CCC1[NH3+]. The molecule has 44 valence electrons. The van der Waals surface area contributed by atoms with Gasteiger partial charge in [0.2, 0.25) is 0 Å². The van der Waals surface area contributed by atoms with Gasteiger partial charge in [-0.15, -0.1) is 0 Å². The zero-order valence-corrected chi connectivity index (χ0v) is 4.67.